The fourth-order valence-electron chi connectivity index (χ4n) is 1.90. The third-order valence-electron chi connectivity index (χ3n) is 3.01. The molecule has 3 nitrogen and oxygen atoms in total. The summed E-state index contributed by atoms with van der Waals surface area (Å²) in [4.78, 5) is 13.7. The zero-order valence-electron chi connectivity index (χ0n) is 9.33. The molecule has 0 aromatic heterocycles. The van der Waals surface area contributed by atoms with Crippen LogP contribution < -0.4 is 5.73 Å². The Labute approximate surface area is 86.6 Å². The van der Waals surface area contributed by atoms with Crippen molar-refractivity contribution in [3.05, 3.63) is 0 Å². The van der Waals surface area contributed by atoms with Gasteiger partial charge in [0.2, 0.25) is 5.91 Å². The standard InChI is InChI=1S/C11H22N2O/c1-3-4-10(12)11(14)13-7-5-9(2)6-8-13/h9-10H,3-8,12H2,1-2H3. The van der Waals surface area contributed by atoms with Crippen LogP contribution in [0.2, 0.25) is 0 Å². The molecule has 0 spiro atoms. The van der Waals surface area contributed by atoms with E-state index in [2.05, 4.69) is 13.8 Å². The minimum absolute atomic E-state index is 0.152. The van der Waals surface area contributed by atoms with Gasteiger partial charge < -0.3 is 10.6 Å². The van der Waals surface area contributed by atoms with E-state index in [1.807, 2.05) is 4.90 Å². The molecule has 1 fully saturated rings. The van der Waals surface area contributed by atoms with Crippen molar-refractivity contribution < 1.29 is 4.79 Å². The summed E-state index contributed by atoms with van der Waals surface area (Å²) in [5.74, 6) is 0.917. The summed E-state index contributed by atoms with van der Waals surface area (Å²) in [7, 11) is 0. The molecule has 0 aromatic carbocycles. The van der Waals surface area contributed by atoms with Gasteiger partial charge in [0.05, 0.1) is 6.04 Å². The highest BCUT2D eigenvalue weighted by atomic mass is 16.2. The monoisotopic (exact) mass is 198 g/mol. The second-order valence-electron chi connectivity index (χ2n) is 4.40. The fraction of sp³-hybridized carbons (Fsp3) is 0.909. The van der Waals surface area contributed by atoms with Crippen molar-refractivity contribution >= 4 is 5.91 Å². The molecule has 14 heavy (non-hydrogen) atoms. The summed E-state index contributed by atoms with van der Waals surface area (Å²) in [5, 5.41) is 0. The Balaban J connectivity index is 2.37. The van der Waals surface area contributed by atoms with Crippen LogP contribution in [0.15, 0.2) is 0 Å². The number of carbonyl (C=O) groups is 1. The quantitative estimate of drug-likeness (QED) is 0.744. The van der Waals surface area contributed by atoms with Crippen molar-refractivity contribution in [1.82, 2.24) is 4.90 Å². The van der Waals surface area contributed by atoms with E-state index in [1.165, 1.54) is 0 Å². The van der Waals surface area contributed by atoms with Gasteiger partial charge in [0, 0.05) is 13.1 Å². The van der Waals surface area contributed by atoms with Crippen molar-refractivity contribution in [1.29, 1.82) is 0 Å². The highest BCUT2D eigenvalue weighted by molar-refractivity contribution is 5.81. The first kappa shape index (κ1) is 11.5. The summed E-state index contributed by atoms with van der Waals surface area (Å²) in [5.41, 5.74) is 5.80. The molecule has 0 saturated carbocycles. The van der Waals surface area contributed by atoms with Crippen molar-refractivity contribution in [3.63, 3.8) is 0 Å². The molecule has 1 saturated heterocycles. The highest BCUT2D eigenvalue weighted by Gasteiger charge is 2.23. The van der Waals surface area contributed by atoms with Gasteiger partial charge >= 0.3 is 0 Å². The first-order valence-corrected chi connectivity index (χ1v) is 5.69. The summed E-state index contributed by atoms with van der Waals surface area (Å²) >= 11 is 0. The molecule has 1 amide bonds. The molecule has 0 aliphatic carbocycles. The number of amides is 1. The topological polar surface area (TPSA) is 46.3 Å². The molecule has 0 bridgehead atoms. The van der Waals surface area contributed by atoms with E-state index in [4.69, 9.17) is 5.73 Å². The molecule has 0 radical (unpaired) electrons. The Morgan fingerprint density at radius 2 is 2.07 bits per heavy atom. The van der Waals surface area contributed by atoms with Gasteiger partial charge in [-0.3, -0.25) is 4.79 Å². The zero-order chi connectivity index (χ0) is 10.6. The van der Waals surface area contributed by atoms with E-state index in [0.717, 1.165) is 44.7 Å². The van der Waals surface area contributed by atoms with Crippen molar-refractivity contribution in [3.8, 4) is 0 Å². The van der Waals surface area contributed by atoms with Crippen LogP contribution >= 0.6 is 0 Å². The zero-order valence-corrected chi connectivity index (χ0v) is 9.33. The first-order valence-electron chi connectivity index (χ1n) is 5.69. The van der Waals surface area contributed by atoms with E-state index < -0.39 is 0 Å². The molecule has 3 heteroatoms. The number of nitrogens with two attached hydrogens (primary N) is 1. The number of hydrogen-bond donors (Lipinski definition) is 1. The number of carbonyl (C=O) groups excluding carboxylic acids is 1. The Bertz CT molecular complexity index is 186. The molecular weight excluding hydrogens is 176 g/mol. The van der Waals surface area contributed by atoms with Gasteiger partial charge in [-0.15, -0.1) is 0 Å². The fourth-order valence-corrected chi connectivity index (χ4v) is 1.90. The van der Waals surface area contributed by atoms with Gasteiger partial charge in [-0.2, -0.15) is 0 Å². The Morgan fingerprint density at radius 3 is 2.57 bits per heavy atom. The SMILES string of the molecule is CCCC(N)C(=O)N1CCC(C)CC1. The Hall–Kier alpha value is -0.570. The summed E-state index contributed by atoms with van der Waals surface area (Å²) in [6.45, 7) is 6.11. The lowest BCUT2D eigenvalue weighted by atomic mass is 9.98. The lowest BCUT2D eigenvalue weighted by Gasteiger charge is -2.32. The average molecular weight is 198 g/mol. The normalized spacial score (nSPS) is 20.9. The summed E-state index contributed by atoms with van der Waals surface area (Å²) in [6, 6.07) is -0.270. The molecule has 1 unspecified atom stereocenters. The lowest BCUT2D eigenvalue weighted by Crippen LogP contribution is -2.46. The number of piperidine rings is 1. The molecule has 1 aliphatic heterocycles. The van der Waals surface area contributed by atoms with Gasteiger partial charge in [0.15, 0.2) is 0 Å². The van der Waals surface area contributed by atoms with Crippen LogP contribution in [0.5, 0.6) is 0 Å². The van der Waals surface area contributed by atoms with E-state index in [0.29, 0.717) is 0 Å². The largest absolute Gasteiger partial charge is 0.341 e. The molecule has 82 valence electrons. The van der Waals surface area contributed by atoms with Gasteiger partial charge in [-0.05, 0) is 25.2 Å². The molecule has 1 heterocycles. The molecule has 0 aromatic rings. The summed E-state index contributed by atoms with van der Waals surface area (Å²) < 4.78 is 0. The van der Waals surface area contributed by atoms with Crippen molar-refractivity contribution in [2.24, 2.45) is 11.7 Å². The van der Waals surface area contributed by atoms with Crippen molar-refractivity contribution in [2.45, 2.75) is 45.6 Å². The van der Waals surface area contributed by atoms with Gasteiger partial charge in [-0.25, -0.2) is 0 Å². The Morgan fingerprint density at radius 1 is 1.50 bits per heavy atom. The summed E-state index contributed by atoms with van der Waals surface area (Å²) in [6.07, 6.45) is 4.05. The van der Waals surface area contributed by atoms with Gasteiger partial charge in [-0.1, -0.05) is 20.3 Å². The van der Waals surface area contributed by atoms with Crippen molar-refractivity contribution in [2.75, 3.05) is 13.1 Å². The first-order chi connectivity index (χ1) is 6.65. The van der Waals surface area contributed by atoms with Gasteiger partial charge in [0.1, 0.15) is 0 Å². The average Bonchev–Trinajstić information content (AvgIpc) is 2.18. The van der Waals surface area contributed by atoms with Crippen LogP contribution in [-0.4, -0.2) is 29.9 Å². The minimum atomic E-state index is -0.270. The number of nitrogens with zero attached hydrogens (tertiary/aromatic N) is 1. The van der Waals surface area contributed by atoms with Gasteiger partial charge in [0.25, 0.3) is 0 Å². The van der Waals surface area contributed by atoms with E-state index in [1.54, 1.807) is 0 Å². The minimum Gasteiger partial charge on any atom is -0.341 e. The predicted molar refractivity (Wildman–Crippen MR) is 57.9 cm³/mol. The van der Waals surface area contributed by atoms with Crippen LogP contribution in [0, 0.1) is 5.92 Å². The maximum Gasteiger partial charge on any atom is 0.239 e. The van der Waals surface area contributed by atoms with Crippen LogP contribution in [-0.2, 0) is 4.79 Å². The predicted octanol–water partition coefficient (Wildman–Crippen LogP) is 1.37. The second kappa shape index (κ2) is 5.35. The lowest BCUT2D eigenvalue weighted by molar-refractivity contribution is -0.134. The maximum atomic E-state index is 11.8. The van der Waals surface area contributed by atoms with E-state index in [9.17, 15) is 4.79 Å². The van der Waals surface area contributed by atoms with Crippen LogP contribution in [0.1, 0.15) is 39.5 Å². The number of hydrogen-bond acceptors (Lipinski definition) is 2. The molecule has 2 N–H and O–H groups in total. The third kappa shape index (κ3) is 2.98. The van der Waals surface area contributed by atoms with Crippen LogP contribution in [0.3, 0.4) is 0 Å². The Kier molecular flexibility index (Phi) is 4.39. The third-order valence-corrected chi connectivity index (χ3v) is 3.01. The smallest absolute Gasteiger partial charge is 0.239 e. The van der Waals surface area contributed by atoms with E-state index >= 15 is 0 Å². The van der Waals surface area contributed by atoms with Crippen LogP contribution in [0.25, 0.3) is 0 Å². The van der Waals surface area contributed by atoms with Crippen LogP contribution in [0.4, 0.5) is 0 Å². The molecule has 1 rings (SSSR count). The molecular formula is C11H22N2O. The number of rotatable bonds is 3. The van der Waals surface area contributed by atoms with E-state index in [-0.39, 0.29) is 11.9 Å². The second-order valence-corrected chi connectivity index (χ2v) is 4.40. The number of likely N-dealkylation sites (tertiary alicyclic amines) is 1. The maximum absolute atomic E-state index is 11.8. The molecule has 1 aliphatic rings. The molecule has 1 atom stereocenters. The highest BCUT2D eigenvalue weighted by Crippen LogP contribution is 2.16.